The highest BCUT2D eigenvalue weighted by molar-refractivity contribution is 7.90. The molecule has 0 amide bonds. The normalized spacial score (nSPS) is 10.9. The summed E-state index contributed by atoms with van der Waals surface area (Å²) < 4.78 is 38.7. The number of benzene rings is 2. The SMILES string of the molecule is COc1ccc(OC)c(C(=O)COC(=O)c2ccccc2S(C)(=O)=O)c1. The average molecular weight is 378 g/mol. The first-order valence-electron chi connectivity index (χ1n) is 7.49. The maximum absolute atomic E-state index is 12.4. The van der Waals surface area contributed by atoms with Gasteiger partial charge in [0.15, 0.2) is 16.4 Å². The number of hydrogen-bond acceptors (Lipinski definition) is 7. The molecule has 0 saturated carbocycles. The Bertz CT molecular complexity index is 932. The molecule has 0 heterocycles. The van der Waals surface area contributed by atoms with E-state index in [0.29, 0.717) is 11.5 Å². The minimum atomic E-state index is -3.61. The third-order valence-electron chi connectivity index (χ3n) is 3.55. The van der Waals surface area contributed by atoms with E-state index in [1.807, 2.05) is 0 Å². The fourth-order valence-corrected chi connectivity index (χ4v) is 3.15. The number of rotatable bonds is 7. The molecular formula is C18H18O7S. The summed E-state index contributed by atoms with van der Waals surface area (Å²) in [5.41, 5.74) is 0.0662. The molecule has 2 aromatic carbocycles. The number of carbonyl (C=O) groups is 2. The predicted molar refractivity (Wildman–Crippen MR) is 93.7 cm³/mol. The van der Waals surface area contributed by atoms with Crippen LogP contribution in [-0.4, -0.2) is 47.3 Å². The summed E-state index contributed by atoms with van der Waals surface area (Å²) in [6, 6.07) is 10.3. The zero-order chi connectivity index (χ0) is 19.3. The maximum atomic E-state index is 12.4. The molecule has 0 aliphatic carbocycles. The van der Waals surface area contributed by atoms with Gasteiger partial charge < -0.3 is 14.2 Å². The lowest BCUT2D eigenvalue weighted by atomic mass is 10.1. The molecule has 0 aliphatic rings. The Morgan fingerprint density at radius 3 is 2.27 bits per heavy atom. The van der Waals surface area contributed by atoms with Crippen LogP contribution >= 0.6 is 0 Å². The Morgan fingerprint density at radius 1 is 0.962 bits per heavy atom. The standard InChI is InChI=1S/C18H18O7S/c1-23-12-8-9-16(24-2)14(10-12)15(19)11-25-18(20)13-6-4-5-7-17(13)26(3,21)22/h4-10H,11H2,1-3H3. The lowest BCUT2D eigenvalue weighted by Crippen LogP contribution is -2.17. The molecule has 0 radical (unpaired) electrons. The van der Waals surface area contributed by atoms with E-state index >= 15 is 0 Å². The van der Waals surface area contributed by atoms with Gasteiger partial charge in [0.2, 0.25) is 5.78 Å². The van der Waals surface area contributed by atoms with Crippen molar-refractivity contribution in [3.05, 3.63) is 53.6 Å². The number of Topliss-reactive ketones (excluding diaryl/α,β-unsaturated/α-hetero) is 1. The summed E-state index contributed by atoms with van der Waals surface area (Å²) in [5.74, 6) is -0.654. The third-order valence-corrected chi connectivity index (χ3v) is 4.70. The molecule has 0 N–H and O–H groups in total. The third kappa shape index (κ3) is 4.40. The quantitative estimate of drug-likeness (QED) is 0.538. The van der Waals surface area contributed by atoms with Gasteiger partial charge in [-0.3, -0.25) is 4.79 Å². The highest BCUT2D eigenvalue weighted by Gasteiger charge is 2.21. The molecule has 0 unspecified atom stereocenters. The molecule has 0 bridgehead atoms. The van der Waals surface area contributed by atoms with Crippen LogP contribution in [0.2, 0.25) is 0 Å². The second kappa shape index (κ2) is 8.01. The highest BCUT2D eigenvalue weighted by atomic mass is 32.2. The largest absolute Gasteiger partial charge is 0.497 e. The monoisotopic (exact) mass is 378 g/mol. The number of ketones is 1. The van der Waals surface area contributed by atoms with Crippen LogP contribution in [0, 0.1) is 0 Å². The van der Waals surface area contributed by atoms with Crippen LogP contribution in [0.15, 0.2) is 47.4 Å². The van der Waals surface area contributed by atoms with E-state index < -0.39 is 28.2 Å². The first kappa shape index (κ1) is 19.5. The van der Waals surface area contributed by atoms with E-state index in [1.54, 1.807) is 12.1 Å². The minimum Gasteiger partial charge on any atom is -0.497 e. The van der Waals surface area contributed by atoms with Crippen molar-refractivity contribution >= 4 is 21.6 Å². The van der Waals surface area contributed by atoms with Crippen molar-refractivity contribution in [2.45, 2.75) is 4.90 Å². The van der Waals surface area contributed by atoms with Crippen molar-refractivity contribution in [2.24, 2.45) is 0 Å². The van der Waals surface area contributed by atoms with Crippen LogP contribution in [0.25, 0.3) is 0 Å². The Hall–Kier alpha value is -2.87. The van der Waals surface area contributed by atoms with Crippen molar-refractivity contribution in [1.82, 2.24) is 0 Å². The molecule has 0 atom stereocenters. The minimum absolute atomic E-state index is 0.125. The van der Waals surface area contributed by atoms with Gasteiger partial charge in [-0.05, 0) is 30.3 Å². The predicted octanol–water partition coefficient (Wildman–Crippen LogP) is 2.15. The fraction of sp³-hybridized carbons (Fsp3) is 0.222. The van der Waals surface area contributed by atoms with Gasteiger partial charge in [0.1, 0.15) is 11.5 Å². The summed E-state index contributed by atoms with van der Waals surface area (Å²) in [4.78, 5) is 24.5. The van der Waals surface area contributed by atoms with E-state index in [4.69, 9.17) is 14.2 Å². The van der Waals surface area contributed by atoms with Gasteiger partial charge in [-0.2, -0.15) is 0 Å². The molecule has 0 spiro atoms. The molecule has 138 valence electrons. The molecule has 0 fully saturated rings. The first-order chi connectivity index (χ1) is 12.3. The molecule has 7 nitrogen and oxygen atoms in total. The van der Waals surface area contributed by atoms with Crippen LogP contribution in [0.1, 0.15) is 20.7 Å². The van der Waals surface area contributed by atoms with Crippen LogP contribution in [0.3, 0.4) is 0 Å². The lowest BCUT2D eigenvalue weighted by molar-refractivity contribution is 0.0470. The number of esters is 1. The molecule has 8 heteroatoms. The topological polar surface area (TPSA) is 96.0 Å². The number of methoxy groups -OCH3 is 2. The van der Waals surface area contributed by atoms with Gasteiger partial charge in [0.05, 0.1) is 30.2 Å². The van der Waals surface area contributed by atoms with Crippen LogP contribution in [-0.2, 0) is 14.6 Å². The van der Waals surface area contributed by atoms with Gasteiger partial charge in [-0.1, -0.05) is 12.1 Å². The Balaban J connectivity index is 2.20. The second-order valence-corrected chi connectivity index (χ2v) is 7.32. The van der Waals surface area contributed by atoms with Crippen molar-refractivity contribution in [3.63, 3.8) is 0 Å². The maximum Gasteiger partial charge on any atom is 0.339 e. The van der Waals surface area contributed by atoms with Gasteiger partial charge >= 0.3 is 5.97 Å². The Morgan fingerprint density at radius 2 is 1.65 bits per heavy atom. The van der Waals surface area contributed by atoms with E-state index in [0.717, 1.165) is 6.26 Å². The van der Waals surface area contributed by atoms with E-state index in [1.165, 1.54) is 44.6 Å². The molecule has 2 rings (SSSR count). The van der Waals surface area contributed by atoms with Crippen LogP contribution < -0.4 is 9.47 Å². The second-order valence-electron chi connectivity index (χ2n) is 5.33. The molecule has 0 aromatic heterocycles. The molecule has 0 aliphatic heterocycles. The van der Waals surface area contributed by atoms with Crippen LogP contribution in [0.5, 0.6) is 11.5 Å². The summed E-state index contributed by atoms with van der Waals surface area (Å²) >= 11 is 0. The summed E-state index contributed by atoms with van der Waals surface area (Å²) in [5, 5.41) is 0. The molecular weight excluding hydrogens is 360 g/mol. The van der Waals surface area contributed by atoms with Crippen molar-refractivity contribution in [1.29, 1.82) is 0 Å². The van der Waals surface area contributed by atoms with E-state index in [2.05, 4.69) is 0 Å². The van der Waals surface area contributed by atoms with Crippen molar-refractivity contribution in [2.75, 3.05) is 27.1 Å². The van der Waals surface area contributed by atoms with Crippen molar-refractivity contribution in [3.8, 4) is 11.5 Å². The number of carbonyl (C=O) groups excluding carboxylic acids is 2. The van der Waals surface area contributed by atoms with Gasteiger partial charge in [-0.25, -0.2) is 13.2 Å². The number of sulfone groups is 1. The number of ether oxygens (including phenoxy) is 3. The lowest BCUT2D eigenvalue weighted by Gasteiger charge is -2.11. The van der Waals surface area contributed by atoms with E-state index in [-0.39, 0.29) is 16.0 Å². The molecule has 0 saturated heterocycles. The summed E-state index contributed by atoms with van der Waals surface area (Å²) in [6.45, 7) is -0.569. The first-order valence-corrected chi connectivity index (χ1v) is 9.38. The number of hydrogen-bond donors (Lipinski definition) is 0. The zero-order valence-electron chi connectivity index (χ0n) is 14.5. The average Bonchev–Trinajstić information content (AvgIpc) is 2.64. The van der Waals surface area contributed by atoms with E-state index in [9.17, 15) is 18.0 Å². The Kier molecular flexibility index (Phi) is 5.99. The molecule has 26 heavy (non-hydrogen) atoms. The van der Waals surface area contributed by atoms with Gasteiger partial charge in [0.25, 0.3) is 0 Å². The summed E-state index contributed by atoms with van der Waals surface area (Å²) in [6.07, 6.45) is 0.991. The smallest absolute Gasteiger partial charge is 0.339 e. The van der Waals surface area contributed by atoms with Gasteiger partial charge in [-0.15, -0.1) is 0 Å². The Labute approximate surface area is 151 Å². The highest BCUT2D eigenvalue weighted by Crippen LogP contribution is 2.24. The van der Waals surface area contributed by atoms with Gasteiger partial charge in [0, 0.05) is 6.26 Å². The summed E-state index contributed by atoms with van der Waals surface area (Å²) in [7, 11) is -0.745. The van der Waals surface area contributed by atoms with Crippen molar-refractivity contribution < 1.29 is 32.2 Å². The molecule has 2 aromatic rings. The fourth-order valence-electron chi connectivity index (χ4n) is 2.28. The van der Waals surface area contributed by atoms with Crippen LogP contribution in [0.4, 0.5) is 0 Å². The zero-order valence-corrected chi connectivity index (χ0v) is 15.3.